The molecule has 0 aromatic heterocycles. The van der Waals surface area contributed by atoms with Crippen LogP contribution in [0.1, 0.15) is 15.9 Å². The van der Waals surface area contributed by atoms with Crippen LogP contribution in [0, 0.1) is 6.92 Å². The number of rotatable bonds is 7. The standard InChI is InChI=1S/C17H17BrO4/c1-12-5-3-4-6-15(12)21-7-8-22-17-13(11-19)9-14(18)10-16(17)20-2/h3-6,9-11H,7-8H2,1-2H3. The summed E-state index contributed by atoms with van der Waals surface area (Å²) < 4.78 is 17.3. The average molecular weight is 365 g/mol. The molecule has 4 nitrogen and oxygen atoms in total. The molecule has 116 valence electrons. The van der Waals surface area contributed by atoms with Crippen LogP contribution in [0.3, 0.4) is 0 Å². The number of benzene rings is 2. The van der Waals surface area contributed by atoms with Gasteiger partial charge in [-0.3, -0.25) is 4.79 Å². The highest BCUT2D eigenvalue weighted by Crippen LogP contribution is 2.33. The number of aldehydes is 1. The molecular weight excluding hydrogens is 348 g/mol. The zero-order chi connectivity index (χ0) is 15.9. The molecule has 0 aliphatic heterocycles. The Morgan fingerprint density at radius 1 is 1.09 bits per heavy atom. The first kappa shape index (κ1) is 16.4. The quantitative estimate of drug-likeness (QED) is 0.549. The summed E-state index contributed by atoms with van der Waals surface area (Å²) in [7, 11) is 1.53. The van der Waals surface area contributed by atoms with Crippen LogP contribution in [0.5, 0.6) is 17.2 Å². The molecule has 0 N–H and O–H groups in total. The van der Waals surface area contributed by atoms with E-state index >= 15 is 0 Å². The molecule has 0 heterocycles. The summed E-state index contributed by atoms with van der Waals surface area (Å²) in [5, 5.41) is 0. The minimum absolute atomic E-state index is 0.313. The van der Waals surface area contributed by atoms with Crippen molar-refractivity contribution in [3.63, 3.8) is 0 Å². The van der Waals surface area contributed by atoms with Crippen molar-refractivity contribution in [2.45, 2.75) is 6.92 Å². The third kappa shape index (κ3) is 4.01. The molecule has 0 atom stereocenters. The monoisotopic (exact) mass is 364 g/mol. The Bertz CT molecular complexity index is 655. The number of hydrogen-bond donors (Lipinski definition) is 0. The lowest BCUT2D eigenvalue weighted by Gasteiger charge is -2.14. The van der Waals surface area contributed by atoms with E-state index in [1.165, 1.54) is 7.11 Å². The van der Waals surface area contributed by atoms with Gasteiger partial charge < -0.3 is 14.2 Å². The Morgan fingerprint density at radius 3 is 2.50 bits per heavy atom. The van der Waals surface area contributed by atoms with E-state index < -0.39 is 0 Å². The summed E-state index contributed by atoms with van der Waals surface area (Å²) >= 11 is 3.33. The highest BCUT2D eigenvalue weighted by Gasteiger charge is 2.12. The van der Waals surface area contributed by atoms with E-state index in [9.17, 15) is 4.79 Å². The van der Waals surface area contributed by atoms with E-state index in [2.05, 4.69) is 15.9 Å². The molecule has 22 heavy (non-hydrogen) atoms. The van der Waals surface area contributed by atoms with Gasteiger partial charge in [-0.25, -0.2) is 0 Å². The van der Waals surface area contributed by atoms with Gasteiger partial charge in [0.05, 0.1) is 12.7 Å². The van der Waals surface area contributed by atoms with Gasteiger partial charge in [0.1, 0.15) is 19.0 Å². The molecule has 0 radical (unpaired) electrons. The van der Waals surface area contributed by atoms with E-state index in [0.717, 1.165) is 22.1 Å². The molecule has 2 aromatic rings. The summed E-state index contributed by atoms with van der Waals surface area (Å²) in [4.78, 5) is 11.2. The van der Waals surface area contributed by atoms with Gasteiger partial charge in [-0.1, -0.05) is 34.1 Å². The molecule has 0 saturated heterocycles. The Morgan fingerprint density at radius 2 is 1.82 bits per heavy atom. The molecule has 0 bridgehead atoms. The molecule has 0 fully saturated rings. The molecule has 0 saturated carbocycles. The second-order valence-electron chi connectivity index (χ2n) is 4.61. The Hall–Kier alpha value is -2.01. The molecule has 2 aromatic carbocycles. The summed E-state index contributed by atoms with van der Waals surface area (Å²) in [6.45, 7) is 2.67. The first-order valence-corrected chi connectivity index (χ1v) is 7.59. The van der Waals surface area contributed by atoms with Gasteiger partial charge in [-0.15, -0.1) is 0 Å². The molecule has 0 spiro atoms. The number of halogens is 1. The normalized spacial score (nSPS) is 10.1. The lowest BCUT2D eigenvalue weighted by molar-refractivity contribution is 0.111. The van der Waals surface area contributed by atoms with Crippen molar-refractivity contribution in [1.29, 1.82) is 0 Å². The van der Waals surface area contributed by atoms with Crippen molar-refractivity contribution in [3.8, 4) is 17.2 Å². The molecule has 0 amide bonds. The zero-order valence-corrected chi connectivity index (χ0v) is 14.1. The SMILES string of the molecule is COc1cc(Br)cc(C=O)c1OCCOc1ccccc1C. The molecule has 0 aliphatic rings. The molecular formula is C17H17BrO4. The van der Waals surface area contributed by atoms with Crippen molar-refractivity contribution >= 4 is 22.2 Å². The van der Waals surface area contributed by atoms with Crippen molar-refractivity contribution in [1.82, 2.24) is 0 Å². The largest absolute Gasteiger partial charge is 0.493 e. The van der Waals surface area contributed by atoms with Crippen LogP contribution in [-0.2, 0) is 0 Å². The number of hydrogen-bond acceptors (Lipinski definition) is 4. The van der Waals surface area contributed by atoms with E-state index in [4.69, 9.17) is 14.2 Å². The van der Waals surface area contributed by atoms with Crippen LogP contribution < -0.4 is 14.2 Å². The van der Waals surface area contributed by atoms with Crippen LogP contribution in [-0.4, -0.2) is 26.6 Å². The molecule has 2 rings (SSSR count). The lowest BCUT2D eigenvalue weighted by Crippen LogP contribution is -2.11. The summed E-state index contributed by atoms with van der Waals surface area (Å²) in [5.74, 6) is 1.76. The lowest BCUT2D eigenvalue weighted by atomic mass is 10.2. The van der Waals surface area contributed by atoms with Crippen LogP contribution in [0.4, 0.5) is 0 Å². The van der Waals surface area contributed by atoms with E-state index in [-0.39, 0.29) is 0 Å². The van der Waals surface area contributed by atoms with Gasteiger partial charge in [-0.2, -0.15) is 0 Å². The predicted molar refractivity (Wildman–Crippen MR) is 88.3 cm³/mol. The van der Waals surface area contributed by atoms with Gasteiger partial charge >= 0.3 is 0 Å². The van der Waals surface area contributed by atoms with Crippen molar-refractivity contribution in [2.75, 3.05) is 20.3 Å². The number of para-hydroxylation sites is 1. The van der Waals surface area contributed by atoms with E-state index in [0.29, 0.717) is 30.3 Å². The Balaban J connectivity index is 2.00. The highest BCUT2D eigenvalue weighted by atomic mass is 79.9. The predicted octanol–water partition coefficient (Wildman–Crippen LogP) is 4.04. The van der Waals surface area contributed by atoms with Crippen LogP contribution in [0.2, 0.25) is 0 Å². The van der Waals surface area contributed by atoms with Crippen molar-refractivity contribution < 1.29 is 19.0 Å². The number of carbonyl (C=O) groups is 1. The Labute approximate surface area is 138 Å². The first-order chi connectivity index (χ1) is 10.7. The summed E-state index contributed by atoms with van der Waals surface area (Å²) in [6.07, 6.45) is 0.741. The van der Waals surface area contributed by atoms with E-state index in [1.807, 2.05) is 31.2 Å². The third-order valence-electron chi connectivity index (χ3n) is 3.08. The van der Waals surface area contributed by atoms with Gasteiger partial charge in [0.25, 0.3) is 0 Å². The second-order valence-corrected chi connectivity index (χ2v) is 5.52. The fraction of sp³-hybridized carbons (Fsp3) is 0.235. The minimum atomic E-state index is 0.313. The van der Waals surface area contributed by atoms with Gasteiger partial charge in [-0.05, 0) is 30.7 Å². The maximum atomic E-state index is 11.2. The number of methoxy groups -OCH3 is 1. The fourth-order valence-corrected chi connectivity index (χ4v) is 2.45. The second kappa shape index (κ2) is 7.84. The summed E-state index contributed by atoms with van der Waals surface area (Å²) in [6, 6.07) is 11.2. The first-order valence-electron chi connectivity index (χ1n) is 6.79. The molecule has 0 unspecified atom stereocenters. The van der Waals surface area contributed by atoms with E-state index in [1.54, 1.807) is 12.1 Å². The fourth-order valence-electron chi connectivity index (χ4n) is 2.00. The van der Waals surface area contributed by atoms with Gasteiger partial charge in [0, 0.05) is 4.47 Å². The number of ether oxygens (including phenoxy) is 3. The van der Waals surface area contributed by atoms with Crippen molar-refractivity contribution in [3.05, 3.63) is 52.0 Å². The topological polar surface area (TPSA) is 44.8 Å². The molecule has 0 aliphatic carbocycles. The zero-order valence-electron chi connectivity index (χ0n) is 12.5. The Kier molecular flexibility index (Phi) is 5.83. The van der Waals surface area contributed by atoms with Gasteiger partial charge in [0.2, 0.25) is 0 Å². The molecule has 5 heteroatoms. The third-order valence-corrected chi connectivity index (χ3v) is 3.53. The number of aryl methyl sites for hydroxylation is 1. The van der Waals surface area contributed by atoms with Crippen LogP contribution >= 0.6 is 15.9 Å². The maximum absolute atomic E-state index is 11.2. The minimum Gasteiger partial charge on any atom is -0.493 e. The van der Waals surface area contributed by atoms with Crippen LogP contribution in [0.25, 0.3) is 0 Å². The summed E-state index contributed by atoms with van der Waals surface area (Å²) in [5.41, 5.74) is 1.50. The van der Waals surface area contributed by atoms with Gasteiger partial charge in [0.15, 0.2) is 17.8 Å². The smallest absolute Gasteiger partial charge is 0.171 e. The highest BCUT2D eigenvalue weighted by molar-refractivity contribution is 9.10. The van der Waals surface area contributed by atoms with Crippen molar-refractivity contribution in [2.24, 2.45) is 0 Å². The average Bonchev–Trinajstić information content (AvgIpc) is 2.53. The van der Waals surface area contributed by atoms with Crippen LogP contribution in [0.15, 0.2) is 40.9 Å². The number of carbonyl (C=O) groups excluding carboxylic acids is 1. The maximum Gasteiger partial charge on any atom is 0.171 e.